The van der Waals surface area contributed by atoms with E-state index in [1.165, 1.54) is 10.4 Å². The molecule has 3 heteroatoms. The molecular weight excluding hydrogens is 348 g/mol. The van der Waals surface area contributed by atoms with Crippen molar-refractivity contribution in [2.24, 2.45) is 0 Å². The molecule has 0 aliphatic rings. The predicted octanol–water partition coefficient (Wildman–Crippen LogP) is 7.17. The highest BCUT2D eigenvalue weighted by Crippen LogP contribution is 2.39. The Bertz CT molecular complexity index is 753. The van der Waals surface area contributed by atoms with Crippen molar-refractivity contribution in [2.45, 2.75) is 104 Å². The highest BCUT2D eigenvalue weighted by Gasteiger charge is 2.30. The minimum Gasteiger partial charge on any atom is -0.257 e. The van der Waals surface area contributed by atoms with E-state index in [-0.39, 0.29) is 21.7 Å². The molecule has 2 heterocycles. The fourth-order valence-electron chi connectivity index (χ4n) is 3.03. The van der Waals surface area contributed by atoms with Gasteiger partial charge in [-0.2, -0.15) is 0 Å². The zero-order valence-electron chi connectivity index (χ0n) is 19.0. The zero-order valence-corrected chi connectivity index (χ0v) is 19.8. The molecule has 0 aliphatic carbocycles. The molecule has 0 saturated carbocycles. The first-order valence-electron chi connectivity index (χ1n) is 10.1. The monoisotopic (exact) mass is 386 g/mol. The summed E-state index contributed by atoms with van der Waals surface area (Å²) in [5, 5.41) is 2.33. The first-order valence-corrected chi connectivity index (χ1v) is 10.9. The zero-order chi connectivity index (χ0) is 20.7. The molecule has 0 atom stereocenters. The van der Waals surface area contributed by atoms with Crippen LogP contribution in [-0.2, 0) is 21.7 Å². The van der Waals surface area contributed by atoms with Gasteiger partial charge in [-0.3, -0.25) is 9.97 Å². The molecule has 0 bridgehead atoms. The van der Waals surface area contributed by atoms with Crippen molar-refractivity contribution in [1.29, 1.82) is 0 Å². The SMILES string of the molecule is CC(C)(C)c1csc(C(C)(C)CCC(C)(C)c2cnc(C(C)(C)C)cn2)c1. The summed E-state index contributed by atoms with van der Waals surface area (Å²) >= 11 is 1.91. The number of thiophene rings is 1. The van der Waals surface area contributed by atoms with Crippen LogP contribution in [0.4, 0.5) is 0 Å². The second-order valence-electron chi connectivity index (χ2n) is 11.3. The molecule has 0 aliphatic heterocycles. The molecule has 27 heavy (non-hydrogen) atoms. The van der Waals surface area contributed by atoms with Crippen LogP contribution in [0.25, 0.3) is 0 Å². The lowest BCUT2D eigenvalue weighted by Gasteiger charge is -2.30. The number of aromatic nitrogens is 2. The Morgan fingerprint density at radius 1 is 0.704 bits per heavy atom. The summed E-state index contributed by atoms with van der Waals surface area (Å²) in [5.74, 6) is 0. The van der Waals surface area contributed by atoms with Gasteiger partial charge in [0, 0.05) is 28.1 Å². The molecule has 0 saturated heterocycles. The summed E-state index contributed by atoms with van der Waals surface area (Å²) in [6, 6.07) is 2.41. The van der Waals surface area contributed by atoms with Crippen LogP contribution >= 0.6 is 11.3 Å². The maximum atomic E-state index is 4.77. The average Bonchev–Trinajstić information content (AvgIpc) is 3.04. The van der Waals surface area contributed by atoms with Crippen molar-refractivity contribution < 1.29 is 0 Å². The van der Waals surface area contributed by atoms with Crippen molar-refractivity contribution in [1.82, 2.24) is 9.97 Å². The molecule has 0 radical (unpaired) electrons. The summed E-state index contributed by atoms with van der Waals surface area (Å²) in [5.41, 5.74) is 4.03. The molecular formula is C24H38N2S. The van der Waals surface area contributed by atoms with Gasteiger partial charge >= 0.3 is 0 Å². The highest BCUT2D eigenvalue weighted by molar-refractivity contribution is 7.10. The minimum absolute atomic E-state index is 0.0187. The van der Waals surface area contributed by atoms with E-state index in [4.69, 9.17) is 4.98 Å². The second kappa shape index (κ2) is 7.31. The van der Waals surface area contributed by atoms with Gasteiger partial charge < -0.3 is 0 Å². The van der Waals surface area contributed by atoms with E-state index < -0.39 is 0 Å². The van der Waals surface area contributed by atoms with Crippen molar-refractivity contribution in [3.8, 4) is 0 Å². The average molecular weight is 387 g/mol. The highest BCUT2D eigenvalue weighted by atomic mass is 32.1. The van der Waals surface area contributed by atoms with Crippen LogP contribution in [0.1, 0.15) is 104 Å². The standard InChI is InChI=1S/C24H38N2S/c1-21(2,3)17-13-20(27-16-17)24(9,10)12-11-23(7,8)19-15-25-18(14-26-19)22(4,5)6/h13-16H,11-12H2,1-10H3. The van der Waals surface area contributed by atoms with Gasteiger partial charge in [-0.25, -0.2) is 0 Å². The van der Waals surface area contributed by atoms with Gasteiger partial charge in [-0.15, -0.1) is 11.3 Å². The third-order valence-corrected chi connectivity index (χ3v) is 6.92. The summed E-state index contributed by atoms with van der Waals surface area (Å²) in [6.45, 7) is 22.7. The van der Waals surface area contributed by atoms with Crippen LogP contribution in [0, 0.1) is 0 Å². The smallest absolute Gasteiger partial charge is 0.0643 e. The van der Waals surface area contributed by atoms with Gasteiger partial charge in [0.25, 0.3) is 0 Å². The minimum atomic E-state index is 0.0187. The maximum Gasteiger partial charge on any atom is 0.0643 e. The van der Waals surface area contributed by atoms with E-state index in [1.807, 2.05) is 23.7 Å². The third kappa shape index (κ3) is 5.40. The number of hydrogen-bond acceptors (Lipinski definition) is 3. The third-order valence-electron chi connectivity index (χ3n) is 5.62. The molecule has 0 N–H and O–H groups in total. The Morgan fingerprint density at radius 2 is 1.22 bits per heavy atom. The fourth-order valence-corrected chi connectivity index (χ4v) is 4.32. The Labute approximate surface area is 170 Å². The van der Waals surface area contributed by atoms with E-state index >= 15 is 0 Å². The van der Waals surface area contributed by atoms with Gasteiger partial charge in [0.15, 0.2) is 0 Å². The van der Waals surface area contributed by atoms with E-state index in [0.717, 1.165) is 24.2 Å². The molecule has 2 aromatic rings. The maximum absolute atomic E-state index is 4.77. The van der Waals surface area contributed by atoms with Crippen LogP contribution in [-0.4, -0.2) is 9.97 Å². The molecule has 2 aromatic heterocycles. The lowest BCUT2D eigenvalue weighted by Crippen LogP contribution is -2.25. The Balaban J connectivity index is 2.12. The lowest BCUT2D eigenvalue weighted by molar-refractivity contribution is 0.371. The van der Waals surface area contributed by atoms with Gasteiger partial charge in [0.05, 0.1) is 11.4 Å². The summed E-state index contributed by atoms with van der Waals surface area (Å²) in [4.78, 5) is 10.9. The quantitative estimate of drug-likeness (QED) is 0.544. The van der Waals surface area contributed by atoms with E-state index in [9.17, 15) is 0 Å². The summed E-state index contributed by atoms with van der Waals surface area (Å²) in [7, 11) is 0. The van der Waals surface area contributed by atoms with Crippen molar-refractivity contribution in [3.63, 3.8) is 0 Å². The normalized spacial score (nSPS) is 13.9. The Kier molecular flexibility index (Phi) is 5.98. The van der Waals surface area contributed by atoms with E-state index in [1.54, 1.807) is 0 Å². The van der Waals surface area contributed by atoms with Crippen LogP contribution in [0.3, 0.4) is 0 Å². The number of nitrogens with zero attached hydrogens (tertiary/aromatic N) is 2. The molecule has 0 amide bonds. The molecule has 0 aromatic carbocycles. The first kappa shape index (κ1) is 22.1. The van der Waals surface area contributed by atoms with Crippen molar-refractivity contribution in [2.75, 3.05) is 0 Å². The Morgan fingerprint density at radius 3 is 1.67 bits per heavy atom. The molecule has 0 fully saturated rings. The molecule has 0 unspecified atom stereocenters. The van der Waals surface area contributed by atoms with Gasteiger partial charge in [0.1, 0.15) is 0 Å². The van der Waals surface area contributed by atoms with Crippen molar-refractivity contribution in [3.05, 3.63) is 45.7 Å². The summed E-state index contributed by atoms with van der Waals surface area (Å²) < 4.78 is 0. The van der Waals surface area contributed by atoms with Crippen LogP contribution in [0.15, 0.2) is 23.8 Å². The summed E-state index contributed by atoms with van der Waals surface area (Å²) in [6.07, 6.45) is 6.16. The number of hydrogen-bond donors (Lipinski definition) is 0. The second-order valence-corrected chi connectivity index (χ2v) is 12.2. The Hall–Kier alpha value is -1.22. The van der Waals surface area contributed by atoms with E-state index in [0.29, 0.717) is 0 Å². The molecule has 2 rings (SSSR count). The van der Waals surface area contributed by atoms with Gasteiger partial charge in [-0.1, -0.05) is 69.2 Å². The largest absolute Gasteiger partial charge is 0.257 e. The molecule has 150 valence electrons. The van der Waals surface area contributed by atoms with Crippen LogP contribution in [0.5, 0.6) is 0 Å². The predicted molar refractivity (Wildman–Crippen MR) is 119 cm³/mol. The van der Waals surface area contributed by atoms with Crippen LogP contribution in [0.2, 0.25) is 0 Å². The topological polar surface area (TPSA) is 25.8 Å². The fraction of sp³-hybridized carbons (Fsp3) is 0.667. The van der Waals surface area contributed by atoms with Gasteiger partial charge in [-0.05, 0) is 40.7 Å². The lowest BCUT2D eigenvalue weighted by atomic mass is 9.76. The van der Waals surface area contributed by atoms with Crippen LogP contribution < -0.4 is 0 Å². The molecule has 0 spiro atoms. The molecule has 2 nitrogen and oxygen atoms in total. The number of rotatable bonds is 5. The van der Waals surface area contributed by atoms with Gasteiger partial charge in [0.2, 0.25) is 0 Å². The van der Waals surface area contributed by atoms with Crippen molar-refractivity contribution >= 4 is 11.3 Å². The van der Waals surface area contributed by atoms with E-state index in [2.05, 4.69) is 85.7 Å². The first-order chi connectivity index (χ1) is 12.1.